The Morgan fingerprint density at radius 3 is 2.36 bits per heavy atom. The average molecular weight is 297 g/mol. The minimum atomic E-state index is 0.0539. The molecular formula is C18H19NO3. The van der Waals surface area contributed by atoms with E-state index in [9.17, 15) is 5.11 Å². The van der Waals surface area contributed by atoms with E-state index in [2.05, 4.69) is 17.0 Å². The van der Waals surface area contributed by atoms with Crippen molar-refractivity contribution in [3.8, 4) is 17.2 Å². The summed E-state index contributed by atoms with van der Waals surface area (Å²) in [5.41, 5.74) is 2.08. The summed E-state index contributed by atoms with van der Waals surface area (Å²) in [5.74, 6) is 1.60. The largest absolute Gasteiger partial charge is 0.507 e. The Balaban J connectivity index is 1.81. The van der Waals surface area contributed by atoms with Crippen molar-refractivity contribution in [2.45, 2.75) is 18.9 Å². The Morgan fingerprint density at radius 2 is 1.64 bits per heavy atom. The summed E-state index contributed by atoms with van der Waals surface area (Å²) >= 11 is 0. The first-order chi connectivity index (χ1) is 10.8. The van der Waals surface area contributed by atoms with E-state index in [1.54, 1.807) is 6.07 Å². The lowest BCUT2D eigenvalue weighted by molar-refractivity contribution is 0.173. The van der Waals surface area contributed by atoms with Crippen molar-refractivity contribution in [2.75, 3.05) is 19.9 Å². The van der Waals surface area contributed by atoms with Gasteiger partial charge in [-0.2, -0.15) is 0 Å². The van der Waals surface area contributed by atoms with Crippen molar-refractivity contribution in [3.05, 3.63) is 53.6 Å². The number of hydrogen-bond donors (Lipinski definition) is 1. The average Bonchev–Trinajstić information content (AvgIpc) is 3.20. The van der Waals surface area contributed by atoms with Crippen molar-refractivity contribution in [2.24, 2.45) is 0 Å². The molecular weight excluding hydrogens is 278 g/mol. The van der Waals surface area contributed by atoms with Crippen LogP contribution in [0.15, 0.2) is 42.5 Å². The first-order valence-electron chi connectivity index (χ1n) is 7.74. The third-order valence-electron chi connectivity index (χ3n) is 4.44. The predicted molar refractivity (Wildman–Crippen MR) is 83.3 cm³/mol. The highest BCUT2D eigenvalue weighted by Crippen LogP contribution is 2.43. The first kappa shape index (κ1) is 13.5. The number of benzene rings is 2. The van der Waals surface area contributed by atoms with Gasteiger partial charge in [0.05, 0.1) is 6.04 Å². The molecule has 0 amide bonds. The molecule has 1 N–H and O–H groups in total. The second-order valence-corrected chi connectivity index (χ2v) is 5.82. The Labute approximate surface area is 129 Å². The Morgan fingerprint density at radius 1 is 0.955 bits per heavy atom. The number of phenols is 1. The van der Waals surface area contributed by atoms with Gasteiger partial charge in [-0.05, 0) is 37.6 Å². The predicted octanol–water partition coefficient (Wildman–Crippen LogP) is 3.31. The highest BCUT2D eigenvalue weighted by atomic mass is 16.7. The minimum Gasteiger partial charge on any atom is -0.507 e. The Kier molecular flexibility index (Phi) is 3.39. The minimum absolute atomic E-state index is 0.0539. The molecule has 4 nitrogen and oxygen atoms in total. The van der Waals surface area contributed by atoms with Crippen molar-refractivity contribution < 1.29 is 14.6 Å². The molecule has 0 bridgehead atoms. The van der Waals surface area contributed by atoms with Crippen LogP contribution in [0.4, 0.5) is 0 Å². The normalized spacial score (nSPS) is 18.5. The van der Waals surface area contributed by atoms with E-state index in [4.69, 9.17) is 9.47 Å². The Bertz CT molecular complexity index is 666. The zero-order valence-electron chi connectivity index (χ0n) is 12.4. The molecule has 2 aromatic carbocycles. The molecule has 4 heteroatoms. The second-order valence-electron chi connectivity index (χ2n) is 5.82. The zero-order valence-corrected chi connectivity index (χ0v) is 12.4. The highest BCUT2D eigenvalue weighted by Gasteiger charge is 2.29. The fraction of sp³-hybridized carbons (Fsp3) is 0.333. The van der Waals surface area contributed by atoms with E-state index >= 15 is 0 Å². The summed E-state index contributed by atoms with van der Waals surface area (Å²) in [6.07, 6.45) is 2.41. The molecule has 1 atom stereocenters. The molecule has 0 aromatic heterocycles. The van der Waals surface area contributed by atoms with Crippen molar-refractivity contribution in [1.29, 1.82) is 0 Å². The van der Waals surface area contributed by atoms with Crippen molar-refractivity contribution in [1.82, 2.24) is 4.90 Å². The molecule has 2 heterocycles. The molecule has 0 spiro atoms. The molecule has 2 aliphatic rings. The van der Waals surface area contributed by atoms with E-state index in [0.717, 1.165) is 18.7 Å². The molecule has 0 aliphatic carbocycles. The van der Waals surface area contributed by atoms with Crippen LogP contribution < -0.4 is 9.47 Å². The molecule has 2 aliphatic heterocycles. The number of aromatic hydroxyl groups is 1. The van der Waals surface area contributed by atoms with Gasteiger partial charge in [-0.3, -0.25) is 4.90 Å². The monoisotopic (exact) mass is 297 g/mol. The van der Waals surface area contributed by atoms with Crippen LogP contribution in [0.25, 0.3) is 0 Å². The van der Waals surface area contributed by atoms with Gasteiger partial charge in [0.15, 0.2) is 11.5 Å². The van der Waals surface area contributed by atoms with Crippen LogP contribution in [0.1, 0.15) is 30.0 Å². The molecule has 0 unspecified atom stereocenters. The van der Waals surface area contributed by atoms with Crippen molar-refractivity contribution in [3.63, 3.8) is 0 Å². The smallest absolute Gasteiger partial charge is 0.231 e. The number of nitrogens with zero attached hydrogens (tertiary/aromatic N) is 1. The number of phenolic OH excluding ortho intramolecular Hbond substituents is 1. The second kappa shape index (κ2) is 5.54. The number of likely N-dealkylation sites (tertiary alicyclic amines) is 1. The quantitative estimate of drug-likeness (QED) is 0.944. The lowest BCUT2D eigenvalue weighted by Crippen LogP contribution is -2.26. The van der Waals surface area contributed by atoms with Crippen LogP contribution in [-0.2, 0) is 0 Å². The maximum atomic E-state index is 10.5. The van der Waals surface area contributed by atoms with Crippen molar-refractivity contribution >= 4 is 0 Å². The van der Waals surface area contributed by atoms with Gasteiger partial charge in [0.2, 0.25) is 6.79 Å². The van der Waals surface area contributed by atoms with Gasteiger partial charge in [0, 0.05) is 11.6 Å². The van der Waals surface area contributed by atoms with Crippen LogP contribution >= 0.6 is 0 Å². The third-order valence-corrected chi connectivity index (χ3v) is 4.44. The Hall–Kier alpha value is -2.20. The van der Waals surface area contributed by atoms with Gasteiger partial charge in [-0.25, -0.2) is 0 Å². The number of hydrogen-bond acceptors (Lipinski definition) is 4. The van der Waals surface area contributed by atoms with Gasteiger partial charge in [-0.1, -0.05) is 30.3 Å². The summed E-state index contributed by atoms with van der Waals surface area (Å²) in [4.78, 5) is 2.42. The SMILES string of the molecule is Oc1cc2c(cc1[C@@H](c1ccccc1)N1CCCC1)OCO2. The summed E-state index contributed by atoms with van der Waals surface area (Å²) in [6.45, 7) is 2.32. The standard InChI is InChI=1S/C18H19NO3/c20-15-11-17-16(21-12-22-17)10-14(15)18(19-8-4-5-9-19)13-6-2-1-3-7-13/h1-3,6-7,10-11,18,20H,4-5,8-9,12H2/t18-/m1/s1. The van der Waals surface area contributed by atoms with E-state index in [1.807, 2.05) is 24.3 Å². The molecule has 2 aromatic rings. The maximum Gasteiger partial charge on any atom is 0.231 e. The maximum absolute atomic E-state index is 10.5. The number of rotatable bonds is 3. The van der Waals surface area contributed by atoms with Crippen LogP contribution in [-0.4, -0.2) is 29.9 Å². The van der Waals surface area contributed by atoms with Gasteiger partial charge < -0.3 is 14.6 Å². The molecule has 1 saturated heterocycles. The van der Waals surface area contributed by atoms with Crippen LogP contribution in [0, 0.1) is 0 Å². The number of fused-ring (bicyclic) bond motifs is 1. The fourth-order valence-corrected chi connectivity index (χ4v) is 3.39. The van der Waals surface area contributed by atoms with E-state index < -0.39 is 0 Å². The fourth-order valence-electron chi connectivity index (χ4n) is 3.39. The molecule has 0 radical (unpaired) electrons. The van der Waals surface area contributed by atoms with Crippen LogP contribution in [0.2, 0.25) is 0 Å². The zero-order chi connectivity index (χ0) is 14.9. The van der Waals surface area contributed by atoms with E-state index in [-0.39, 0.29) is 18.6 Å². The van der Waals surface area contributed by atoms with Gasteiger partial charge in [0.1, 0.15) is 5.75 Å². The molecule has 4 rings (SSSR count). The summed E-state index contributed by atoms with van der Waals surface area (Å²) in [7, 11) is 0. The topological polar surface area (TPSA) is 41.9 Å². The lowest BCUT2D eigenvalue weighted by atomic mass is 9.96. The summed E-state index contributed by atoms with van der Waals surface area (Å²) in [6, 6.07) is 14.0. The van der Waals surface area contributed by atoms with Gasteiger partial charge >= 0.3 is 0 Å². The summed E-state index contributed by atoms with van der Waals surface area (Å²) in [5, 5.41) is 10.5. The highest BCUT2D eigenvalue weighted by molar-refractivity contribution is 5.54. The van der Waals surface area contributed by atoms with Gasteiger partial charge in [0.25, 0.3) is 0 Å². The molecule has 1 fully saturated rings. The third kappa shape index (κ3) is 2.29. The molecule has 114 valence electrons. The van der Waals surface area contributed by atoms with Crippen LogP contribution in [0.3, 0.4) is 0 Å². The van der Waals surface area contributed by atoms with E-state index in [0.29, 0.717) is 11.5 Å². The molecule has 0 saturated carbocycles. The lowest BCUT2D eigenvalue weighted by Gasteiger charge is -2.29. The summed E-state index contributed by atoms with van der Waals surface area (Å²) < 4.78 is 10.8. The molecule has 22 heavy (non-hydrogen) atoms. The first-order valence-corrected chi connectivity index (χ1v) is 7.74. The van der Waals surface area contributed by atoms with Gasteiger partial charge in [-0.15, -0.1) is 0 Å². The van der Waals surface area contributed by atoms with E-state index in [1.165, 1.54) is 18.4 Å². The number of ether oxygens (including phenoxy) is 2. The van der Waals surface area contributed by atoms with Crippen LogP contribution in [0.5, 0.6) is 17.2 Å².